The molecule has 0 amide bonds. The maximum atomic E-state index is 6.43. The van der Waals surface area contributed by atoms with Crippen molar-refractivity contribution < 1.29 is 0 Å². The largest absolute Gasteiger partial charge is 0.324 e. The highest BCUT2D eigenvalue weighted by atomic mass is 79.9. The Balaban J connectivity index is 2.28. The summed E-state index contributed by atoms with van der Waals surface area (Å²) in [5.41, 5.74) is 9.27. The average Bonchev–Trinajstić information content (AvgIpc) is 2.78. The summed E-state index contributed by atoms with van der Waals surface area (Å²) in [6.07, 6.45) is 1.47. The number of hydrogen-bond acceptors (Lipinski definition) is 2. The van der Waals surface area contributed by atoms with Crippen molar-refractivity contribution in [3.63, 3.8) is 0 Å². The van der Waals surface area contributed by atoms with Gasteiger partial charge in [-0.3, -0.25) is 4.68 Å². The minimum absolute atomic E-state index is 0.150. The molecule has 1 heterocycles. The van der Waals surface area contributed by atoms with Crippen LogP contribution in [0.2, 0.25) is 10.0 Å². The fourth-order valence-electron chi connectivity index (χ4n) is 2.28. The first-order chi connectivity index (χ1) is 9.97. The molecule has 2 aromatic rings. The van der Waals surface area contributed by atoms with E-state index in [0.29, 0.717) is 11.4 Å². The molecule has 3 nitrogen and oxygen atoms in total. The molecule has 2 rings (SSSR count). The van der Waals surface area contributed by atoms with Crippen molar-refractivity contribution in [1.29, 1.82) is 0 Å². The summed E-state index contributed by atoms with van der Waals surface area (Å²) in [7, 11) is 0. The van der Waals surface area contributed by atoms with E-state index in [2.05, 4.69) is 28.0 Å². The van der Waals surface area contributed by atoms with Crippen molar-refractivity contribution in [3.8, 4) is 0 Å². The molecular weight excluding hydrogens is 373 g/mol. The van der Waals surface area contributed by atoms with Crippen LogP contribution in [0.5, 0.6) is 0 Å². The van der Waals surface area contributed by atoms with Gasteiger partial charge in [0.2, 0.25) is 0 Å². The number of nitrogens with two attached hydrogens (primary N) is 1. The normalized spacial score (nSPS) is 12.7. The molecule has 114 valence electrons. The Kier molecular flexibility index (Phi) is 5.72. The zero-order chi connectivity index (χ0) is 15.6. The Labute approximate surface area is 143 Å². The summed E-state index contributed by atoms with van der Waals surface area (Å²) < 4.78 is 2.79. The predicted octanol–water partition coefficient (Wildman–Crippen LogP) is 4.78. The highest BCUT2D eigenvalue weighted by Crippen LogP contribution is 2.29. The highest BCUT2D eigenvalue weighted by Gasteiger charge is 2.18. The highest BCUT2D eigenvalue weighted by molar-refractivity contribution is 9.10. The number of aromatic nitrogens is 2. The van der Waals surface area contributed by atoms with Crippen LogP contribution in [0.1, 0.15) is 36.8 Å². The van der Waals surface area contributed by atoms with E-state index in [4.69, 9.17) is 28.9 Å². The lowest BCUT2D eigenvalue weighted by Crippen LogP contribution is -2.16. The van der Waals surface area contributed by atoms with Gasteiger partial charge in [-0.1, -0.05) is 36.2 Å². The van der Waals surface area contributed by atoms with Gasteiger partial charge < -0.3 is 5.73 Å². The van der Waals surface area contributed by atoms with Crippen LogP contribution in [0, 0.1) is 0 Å². The second-order valence-corrected chi connectivity index (χ2v) is 6.50. The minimum Gasteiger partial charge on any atom is -0.324 e. The van der Waals surface area contributed by atoms with E-state index in [0.717, 1.165) is 39.4 Å². The fraction of sp³-hybridized carbons (Fsp3) is 0.400. The number of rotatable bonds is 5. The maximum Gasteiger partial charge on any atom is 0.0850 e. The summed E-state index contributed by atoms with van der Waals surface area (Å²) in [6, 6.07) is 5.59. The van der Waals surface area contributed by atoms with Gasteiger partial charge in [-0.15, -0.1) is 0 Å². The van der Waals surface area contributed by atoms with Crippen LogP contribution in [0.25, 0.3) is 0 Å². The third-order valence-electron chi connectivity index (χ3n) is 3.48. The molecule has 0 aliphatic carbocycles. The first kappa shape index (κ1) is 16.8. The first-order valence-electron chi connectivity index (χ1n) is 6.92. The zero-order valence-corrected chi connectivity index (χ0v) is 15.1. The van der Waals surface area contributed by atoms with Gasteiger partial charge in [-0.05, 0) is 47.0 Å². The van der Waals surface area contributed by atoms with E-state index >= 15 is 0 Å². The van der Waals surface area contributed by atoms with E-state index in [1.54, 1.807) is 0 Å². The third-order valence-corrected chi connectivity index (χ3v) is 5.13. The lowest BCUT2D eigenvalue weighted by Gasteiger charge is -2.14. The Morgan fingerprint density at radius 3 is 2.62 bits per heavy atom. The SMILES string of the molecule is CCc1nn(CC)c(CC(N)c2ccc(Cl)c(Br)c2)c1Cl. The van der Waals surface area contributed by atoms with E-state index in [1.807, 2.05) is 29.8 Å². The van der Waals surface area contributed by atoms with Crippen LogP contribution in [-0.2, 0) is 19.4 Å². The van der Waals surface area contributed by atoms with E-state index in [-0.39, 0.29) is 6.04 Å². The van der Waals surface area contributed by atoms with Gasteiger partial charge in [0.15, 0.2) is 0 Å². The number of nitrogens with zero attached hydrogens (tertiary/aromatic N) is 2. The summed E-state index contributed by atoms with van der Waals surface area (Å²) in [4.78, 5) is 0. The maximum absolute atomic E-state index is 6.43. The predicted molar refractivity (Wildman–Crippen MR) is 92.1 cm³/mol. The Morgan fingerprint density at radius 1 is 1.33 bits per heavy atom. The van der Waals surface area contributed by atoms with E-state index in [1.165, 1.54) is 0 Å². The molecule has 0 bridgehead atoms. The number of aryl methyl sites for hydroxylation is 2. The van der Waals surface area contributed by atoms with Crippen LogP contribution in [-0.4, -0.2) is 9.78 Å². The summed E-state index contributed by atoms with van der Waals surface area (Å²) in [5.74, 6) is 0. The molecule has 6 heteroatoms. The molecular formula is C15H18BrCl2N3. The van der Waals surface area contributed by atoms with Gasteiger partial charge >= 0.3 is 0 Å². The van der Waals surface area contributed by atoms with Crippen molar-refractivity contribution >= 4 is 39.1 Å². The van der Waals surface area contributed by atoms with Crippen LogP contribution in [0.3, 0.4) is 0 Å². The summed E-state index contributed by atoms with van der Waals surface area (Å²) >= 11 is 15.9. The minimum atomic E-state index is -0.150. The van der Waals surface area contributed by atoms with Crippen LogP contribution < -0.4 is 5.73 Å². The third kappa shape index (κ3) is 3.62. The van der Waals surface area contributed by atoms with Crippen LogP contribution in [0.4, 0.5) is 0 Å². The van der Waals surface area contributed by atoms with Crippen molar-refractivity contribution in [2.75, 3.05) is 0 Å². The second-order valence-electron chi connectivity index (χ2n) is 4.86. The smallest absolute Gasteiger partial charge is 0.0850 e. The van der Waals surface area contributed by atoms with Gasteiger partial charge in [0, 0.05) is 23.5 Å². The van der Waals surface area contributed by atoms with E-state index in [9.17, 15) is 0 Å². The quantitative estimate of drug-likeness (QED) is 0.798. The monoisotopic (exact) mass is 389 g/mol. The van der Waals surface area contributed by atoms with Gasteiger partial charge in [-0.25, -0.2) is 0 Å². The van der Waals surface area contributed by atoms with Gasteiger partial charge in [-0.2, -0.15) is 5.10 Å². The lowest BCUT2D eigenvalue weighted by molar-refractivity contribution is 0.585. The first-order valence-corrected chi connectivity index (χ1v) is 8.47. The molecule has 1 aromatic carbocycles. The molecule has 0 saturated carbocycles. The molecule has 0 aliphatic rings. The topological polar surface area (TPSA) is 43.8 Å². The summed E-state index contributed by atoms with van der Waals surface area (Å²) in [5, 5.41) is 5.94. The van der Waals surface area contributed by atoms with Gasteiger partial charge in [0.05, 0.1) is 21.4 Å². The molecule has 2 N–H and O–H groups in total. The molecule has 0 fully saturated rings. The summed E-state index contributed by atoms with van der Waals surface area (Å²) in [6.45, 7) is 4.89. The molecule has 0 aliphatic heterocycles. The van der Waals surface area contributed by atoms with Crippen molar-refractivity contribution in [1.82, 2.24) is 9.78 Å². The molecule has 0 radical (unpaired) electrons. The molecule has 0 saturated heterocycles. The number of benzene rings is 1. The molecule has 1 unspecified atom stereocenters. The molecule has 0 spiro atoms. The standard InChI is InChI=1S/C15H18BrCl2N3/c1-3-13-15(18)14(21(4-2)20-13)8-12(19)9-5-6-11(17)10(16)7-9/h5-7,12H,3-4,8,19H2,1-2H3. The second kappa shape index (κ2) is 7.14. The molecule has 1 atom stereocenters. The Hall–Kier alpha value is -0.550. The van der Waals surface area contributed by atoms with Crippen molar-refractivity contribution in [3.05, 3.63) is 49.7 Å². The van der Waals surface area contributed by atoms with Crippen LogP contribution >= 0.6 is 39.1 Å². The van der Waals surface area contributed by atoms with Gasteiger partial charge in [0.25, 0.3) is 0 Å². The Bertz CT molecular complexity index is 640. The van der Waals surface area contributed by atoms with Gasteiger partial charge in [0.1, 0.15) is 0 Å². The zero-order valence-electron chi connectivity index (χ0n) is 12.0. The lowest BCUT2D eigenvalue weighted by atomic mass is 10.0. The molecule has 21 heavy (non-hydrogen) atoms. The number of halogens is 3. The molecule has 1 aromatic heterocycles. The fourth-order valence-corrected chi connectivity index (χ4v) is 3.14. The number of hydrogen-bond donors (Lipinski definition) is 1. The van der Waals surface area contributed by atoms with Crippen molar-refractivity contribution in [2.24, 2.45) is 5.73 Å². The van der Waals surface area contributed by atoms with E-state index < -0.39 is 0 Å². The van der Waals surface area contributed by atoms with Crippen molar-refractivity contribution in [2.45, 2.75) is 39.3 Å². The average molecular weight is 391 g/mol. The van der Waals surface area contributed by atoms with Crippen LogP contribution in [0.15, 0.2) is 22.7 Å². The Morgan fingerprint density at radius 2 is 2.05 bits per heavy atom.